The summed E-state index contributed by atoms with van der Waals surface area (Å²) in [6, 6.07) is 0. The summed E-state index contributed by atoms with van der Waals surface area (Å²) >= 11 is 0. The van der Waals surface area contributed by atoms with Crippen LogP contribution in [-0.2, 0) is 18.8 Å². The molecule has 2 N–H and O–H groups in total. The van der Waals surface area contributed by atoms with Crippen molar-refractivity contribution in [2.45, 2.75) is 68.2 Å². The molecule has 2 atom stereocenters. The van der Waals surface area contributed by atoms with E-state index in [-0.39, 0.29) is 35.9 Å². The second-order valence-electron chi connectivity index (χ2n) is 9.25. The molecule has 0 bridgehead atoms. The molecule has 0 fully saturated rings. The molecule has 0 aliphatic rings. The van der Waals surface area contributed by atoms with Crippen LogP contribution in [0.1, 0.15) is 68.2 Å². The molecule has 2 unspecified atom stereocenters. The number of rotatable bonds is 9. The van der Waals surface area contributed by atoms with E-state index in [0.29, 0.717) is 0 Å². The summed E-state index contributed by atoms with van der Waals surface area (Å²) in [5.41, 5.74) is 0.110. The van der Waals surface area contributed by atoms with Crippen LogP contribution in [0.5, 0.6) is 0 Å². The van der Waals surface area contributed by atoms with Crippen molar-refractivity contribution < 1.29 is 26.9 Å². The highest BCUT2D eigenvalue weighted by molar-refractivity contribution is 8.49. The normalized spacial score (nSPS) is 18.9. The lowest BCUT2D eigenvalue weighted by molar-refractivity contribution is 0.130. The van der Waals surface area contributed by atoms with Gasteiger partial charge in [-0.25, -0.2) is 0 Å². The van der Waals surface area contributed by atoms with Gasteiger partial charge in [0.15, 0.2) is 0 Å². The maximum Gasteiger partial charge on any atom is 0.565 e. The lowest BCUT2D eigenvalue weighted by Crippen LogP contribution is -2.21. The summed E-state index contributed by atoms with van der Waals surface area (Å²) in [5, 5.41) is 0. The van der Waals surface area contributed by atoms with Crippen molar-refractivity contribution in [3.05, 3.63) is 0 Å². The second-order valence-corrected chi connectivity index (χ2v) is 14.4. The van der Waals surface area contributed by atoms with E-state index in [1.165, 1.54) is 0 Å². The summed E-state index contributed by atoms with van der Waals surface area (Å²) < 4.78 is 42.8. The molecule has 0 heterocycles. The van der Waals surface area contributed by atoms with E-state index >= 15 is 0 Å². The molecule has 146 valence electrons. The minimum atomic E-state index is -4.82. The van der Waals surface area contributed by atoms with Crippen molar-refractivity contribution in [3.8, 4) is 0 Å². The van der Waals surface area contributed by atoms with Crippen molar-refractivity contribution in [2.75, 3.05) is 13.2 Å². The van der Waals surface area contributed by atoms with Gasteiger partial charge in [0.2, 0.25) is 0 Å². The Balaban J connectivity index is 4.81. The lowest BCUT2D eigenvalue weighted by atomic mass is 9.86. The van der Waals surface area contributed by atoms with Crippen LogP contribution in [0.4, 0.5) is 0 Å². The van der Waals surface area contributed by atoms with E-state index in [1.807, 2.05) is 13.8 Å². The van der Waals surface area contributed by atoms with Crippen LogP contribution in [-0.4, -0.2) is 31.1 Å². The number of hydrogen-bond donors (Lipinski definition) is 2. The summed E-state index contributed by atoms with van der Waals surface area (Å²) in [4.78, 5) is 10.3. The first-order chi connectivity index (χ1) is 10.5. The molecule has 0 aromatic rings. The van der Waals surface area contributed by atoms with Crippen molar-refractivity contribution >= 4 is 16.9 Å². The van der Waals surface area contributed by atoms with Gasteiger partial charge in [-0.2, -0.15) is 22.4 Å². The molecule has 0 aliphatic heterocycles. The maximum atomic E-state index is 11.6. The highest BCUT2D eigenvalue weighted by atomic mass is 32.8. The molecule has 0 rings (SSSR count). The molecule has 0 amide bonds. The highest BCUT2D eigenvalue weighted by Crippen LogP contribution is 2.62. The summed E-state index contributed by atoms with van der Waals surface area (Å²) in [6.07, 6.45) is 1.58. The summed E-state index contributed by atoms with van der Waals surface area (Å²) in [6.45, 7) is 16.2. The van der Waals surface area contributed by atoms with Crippen molar-refractivity contribution in [3.63, 3.8) is 0 Å². The Kier molecular flexibility index (Phi) is 8.82. The van der Waals surface area contributed by atoms with Gasteiger partial charge in [0, 0.05) is 0 Å². The summed E-state index contributed by atoms with van der Waals surface area (Å²) in [5.74, 6) is 0.0442. The molecular weight excluding hydrogens is 351 g/mol. The number of hydrogen-bond acceptors (Lipinski definition) is 5. The molecule has 0 saturated heterocycles. The quantitative estimate of drug-likeness (QED) is 0.439. The monoisotopic (exact) mass is 387 g/mol. The Morgan fingerprint density at radius 3 is 1.38 bits per heavy atom. The van der Waals surface area contributed by atoms with Crippen LogP contribution in [0.15, 0.2) is 0 Å². The van der Waals surface area contributed by atoms with Gasteiger partial charge in [0.25, 0.3) is 0 Å². The van der Waals surface area contributed by atoms with Crippen molar-refractivity contribution in [1.29, 1.82) is 0 Å². The van der Waals surface area contributed by atoms with Gasteiger partial charge in [0.05, 0.1) is 0 Å². The predicted octanol–water partition coefficient (Wildman–Crippen LogP) is 4.72. The van der Waals surface area contributed by atoms with Gasteiger partial charge in [-0.05, 0) is 35.5 Å². The molecule has 8 heteroatoms. The van der Waals surface area contributed by atoms with E-state index in [1.54, 1.807) is 0 Å². The van der Waals surface area contributed by atoms with Gasteiger partial charge in [-0.3, -0.25) is 4.55 Å². The molecular formula is C16H36O6PS+. The molecule has 0 radical (unpaired) electrons. The van der Waals surface area contributed by atoms with Crippen molar-refractivity contribution in [2.24, 2.45) is 22.7 Å². The maximum absolute atomic E-state index is 11.6. The molecule has 0 spiro atoms. The Bertz CT molecular complexity index is 452. The van der Waals surface area contributed by atoms with Crippen LogP contribution in [0, 0.1) is 22.7 Å². The third-order valence-corrected chi connectivity index (χ3v) is 7.17. The molecule has 24 heavy (non-hydrogen) atoms. The Morgan fingerprint density at radius 2 is 1.17 bits per heavy atom. The minimum Gasteiger partial charge on any atom is -0.250 e. The zero-order valence-corrected chi connectivity index (χ0v) is 18.1. The Morgan fingerprint density at radius 1 is 0.875 bits per heavy atom. The van der Waals surface area contributed by atoms with E-state index in [0.717, 1.165) is 12.8 Å². The Hall–Kier alpha value is 0.220. The molecule has 6 nitrogen and oxygen atoms in total. The van der Waals surface area contributed by atoms with Gasteiger partial charge >= 0.3 is 16.9 Å². The van der Waals surface area contributed by atoms with Crippen LogP contribution in [0.3, 0.4) is 0 Å². The molecule has 0 aromatic carbocycles. The minimum absolute atomic E-state index is 0.00892. The van der Waals surface area contributed by atoms with Crippen LogP contribution < -0.4 is 0 Å². The van der Waals surface area contributed by atoms with Crippen LogP contribution in [0.2, 0.25) is 0 Å². The molecule has 0 aliphatic carbocycles. The predicted molar refractivity (Wildman–Crippen MR) is 99.1 cm³/mol. The van der Waals surface area contributed by atoms with Gasteiger partial charge < -0.3 is 0 Å². The van der Waals surface area contributed by atoms with Crippen molar-refractivity contribution in [1.82, 2.24) is 0 Å². The smallest absolute Gasteiger partial charge is 0.250 e. The van der Waals surface area contributed by atoms with E-state index in [2.05, 4.69) is 41.5 Å². The van der Waals surface area contributed by atoms with E-state index in [4.69, 9.17) is 9.05 Å². The lowest BCUT2D eigenvalue weighted by Gasteiger charge is -2.24. The standard InChI is InChI=1S/C16H35O6PS/c1-13(9-15(3,4)5)11-21-23(17,24(18,19)20)22-12-14(2)10-16(6,7)8/h13-14,17H,9-12H2,1-8H3/p+1. The summed E-state index contributed by atoms with van der Waals surface area (Å²) in [7, 11) is -9.19. The van der Waals surface area contributed by atoms with Crippen LogP contribution >= 0.6 is 7.15 Å². The second kappa shape index (κ2) is 8.74. The fraction of sp³-hybridized carbons (Fsp3) is 1.00. The molecule has 0 saturated carbocycles. The Labute approximate surface area is 148 Å². The first kappa shape index (κ1) is 24.2. The topological polar surface area (TPSA) is 93.1 Å². The van der Waals surface area contributed by atoms with E-state index in [9.17, 15) is 17.9 Å². The first-order valence-electron chi connectivity index (χ1n) is 8.34. The van der Waals surface area contributed by atoms with Crippen LogP contribution in [0.25, 0.3) is 0 Å². The highest BCUT2D eigenvalue weighted by Gasteiger charge is 2.57. The van der Waals surface area contributed by atoms with Gasteiger partial charge in [0.1, 0.15) is 13.2 Å². The average molecular weight is 387 g/mol. The van der Waals surface area contributed by atoms with Gasteiger partial charge in [-0.15, -0.1) is 0 Å². The largest absolute Gasteiger partial charge is 0.565 e. The fourth-order valence-corrected chi connectivity index (χ4v) is 5.21. The first-order valence-corrected chi connectivity index (χ1v) is 12.0. The van der Waals surface area contributed by atoms with Gasteiger partial charge in [-0.1, -0.05) is 55.4 Å². The third-order valence-electron chi connectivity index (χ3n) is 3.26. The zero-order valence-electron chi connectivity index (χ0n) is 16.4. The third kappa shape index (κ3) is 10.3. The zero-order chi connectivity index (χ0) is 19.4. The average Bonchev–Trinajstić information content (AvgIpc) is 2.28. The SMILES string of the molecule is CC(CO[P+](O)(OCC(C)CC(C)(C)C)S(=O)(=O)O)CC(C)(C)C. The van der Waals surface area contributed by atoms with E-state index < -0.39 is 16.9 Å². The molecule has 0 aromatic heterocycles. The fourth-order valence-electron chi connectivity index (χ4n) is 2.82.